The zero-order valence-corrected chi connectivity index (χ0v) is 53.1. The van der Waals surface area contributed by atoms with Gasteiger partial charge in [0.1, 0.15) is 0 Å². The Morgan fingerprint density at radius 3 is 0.975 bits per heavy atom. The van der Waals surface area contributed by atoms with Gasteiger partial charge < -0.3 is 20.3 Å². The fraction of sp³-hybridized carbons (Fsp3) is 0.863. The molecule has 0 aliphatic rings. The third-order valence-electron chi connectivity index (χ3n) is 16.3. The normalized spacial score (nSPS) is 12.8. The van der Waals surface area contributed by atoms with E-state index in [1.807, 2.05) is 6.08 Å². The van der Waals surface area contributed by atoms with Crippen LogP contribution in [0.1, 0.15) is 380 Å². The highest BCUT2D eigenvalue weighted by atomic mass is 16.5. The molecule has 0 aromatic carbocycles. The number of allylic oxidation sites excluding steroid dienone is 7. The van der Waals surface area contributed by atoms with Gasteiger partial charge in [-0.3, -0.25) is 9.59 Å². The molecule has 6 nitrogen and oxygen atoms in total. The molecular formula is C73H137NO5. The summed E-state index contributed by atoms with van der Waals surface area (Å²) in [5.41, 5.74) is 0. The summed E-state index contributed by atoms with van der Waals surface area (Å²) in [7, 11) is 0. The molecular weight excluding hydrogens is 971 g/mol. The maximum absolute atomic E-state index is 12.4. The maximum atomic E-state index is 12.4. The van der Waals surface area contributed by atoms with Crippen LogP contribution >= 0.6 is 0 Å². The topological polar surface area (TPSA) is 95.9 Å². The lowest BCUT2D eigenvalue weighted by Crippen LogP contribution is -2.45. The van der Waals surface area contributed by atoms with Gasteiger partial charge in [-0.2, -0.15) is 0 Å². The molecule has 0 saturated carbocycles. The number of nitrogens with one attached hydrogen (secondary N) is 1. The van der Waals surface area contributed by atoms with E-state index in [9.17, 15) is 19.8 Å². The van der Waals surface area contributed by atoms with Gasteiger partial charge in [0.2, 0.25) is 5.91 Å². The third-order valence-corrected chi connectivity index (χ3v) is 16.3. The van der Waals surface area contributed by atoms with Crippen LogP contribution in [-0.2, 0) is 14.3 Å². The molecule has 0 aromatic heterocycles. The molecule has 2 unspecified atom stereocenters. The van der Waals surface area contributed by atoms with E-state index in [4.69, 9.17) is 4.74 Å². The van der Waals surface area contributed by atoms with Crippen LogP contribution in [0.25, 0.3) is 0 Å². The average Bonchev–Trinajstić information content (AvgIpc) is 3.45. The van der Waals surface area contributed by atoms with Gasteiger partial charge in [-0.25, -0.2) is 0 Å². The molecule has 0 aromatic rings. The van der Waals surface area contributed by atoms with Crippen molar-refractivity contribution in [3.63, 3.8) is 0 Å². The molecule has 0 fully saturated rings. The lowest BCUT2D eigenvalue weighted by molar-refractivity contribution is -0.143. The van der Waals surface area contributed by atoms with E-state index in [1.54, 1.807) is 6.08 Å². The lowest BCUT2D eigenvalue weighted by atomic mass is 10.0. The van der Waals surface area contributed by atoms with Crippen molar-refractivity contribution in [3.05, 3.63) is 48.6 Å². The van der Waals surface area contributed by atoms with Crippen molar-refractivity contribution in [2.75, 3.05) is 13.2 Å². The second-order valence-electron chi connectivity index (χ2n) is 24.2. The molecule has 79 heavy (non-hydrogen) atoms. The number of hydrogen-bond donors (Lipinski definition) is 3. The van der Waals surface area contributed by atoms with Crippen molar-refractivity contribution in [1.29, 1.82) is 0 Å². The molecule has 0 bridgehead atoms. The molecule has 0 radical (unpaired) electrons. The van der Waals surface area contributed by atoms with E-state index in [1.165, 1.54) is 302 Å². The zero-order valence-electron chi connectivity index (χ0n) is 53.1. The average molecular weight is 1110 g/mol. The minimum atomic E-state index is -0.842. The Kier molecular flexibility index (Phi) is 66.4. The van der Waals surface area contributed by atoms with Gasteiger partial charge in [0.05, 0.1) is 25.4 Å². The molecule has 0 spiro atoms. The highest BCUT2D eigenvalue weighted by Gasteiger charge is 2.18. The van der Waals surface area contributed by atoms with Crippen molar-refractivity contribution in [2.45, 2.75) is 392 Å². The van der Waals surface area contributed by atoms with Crippen molar-refractivity contribution in [2.24, 2.45) is 0 Å². The fourth-order valence-electron chi connectivity index (χ4n) is 10.9. The number of carbonyl (C=O) groups excluding carboxylic acids is 2. The zero-order chi connectivity index (χ0) is 57.1. The predicted octanol–water partition coefficient (Wildman–Crippen LogP) is 22.9. The number of unbranched alkanes of at least 4 members (excludes halogenated alkanes) is 49. The molecule has 0 heterocycles. The summed E-state index contributed by atoms with van der Waals surface area (Å²) in [5, 5.41) is 23.1. The van der Waals surface area contributed by atoms with E-state index in [0.29, 0.717) is 19.4 Å². The lowest BCUT2D eigenvalue weighted by Gasteiger charge is -2.20. The van der Waals surface area contributed by atoms with Gasteiger partial charge in [-0.1, -0.05) is 326 Å². The number of aliphatic hydroxyl groups is 2. The van der Waals surface area contributed by atoms with Gasteiger partial charge in [0.25, 0.3) is 0 Å². The molecule has 0 aliphatic carbocycles. The first-order valence-electron chi connectivity index (χ1n) is 35.4. The predicted molar refractivity (Wildman–Crippen MR) is 347 cm³/mol. The van der Waals surface area contributed by atoms with Crippen molar-refractivity contribution in [3.8, 4) is 0 Å². The van der Waals surface area contributed by atoms with Gasteiger partial charge in [-0.15, -0.1) is 0 Å². The summed E-state index contributed by atoms with van der Waals surface area (Å²) in [6.45, 7) is 4.90. The molecule has 464 valence electrons. The quantitative estimate of drug-likeness (QED) is 0.0320. The number of rotatable bonds is 66. The number of aliphatic hydroxyl groups excluding tert-OH is 2. The smallest absolute Gasteiger partial charge is 0.305 e. The highest BCUT2D eigenvalue weighted by molar-refractivity contribution is 5.76. The number of carbonyl (C=O) groups is 2. The van der Waals surface area contributed by atoms with Crippen LogP contribution in [0.15, 0.2) is 48.6 Å². The summed E-state index contributed by atoms with van der Waals surface area (Å²) in [4.78, 5) is 24.5. The van der Waals surface area contributed by atoms with E-state index in [0.717, 1.165) is 51.4 Å². The van der Waals surface area contributed by atoms with Crippen LogP contribution < -0.4 is 5.32 Å². The number of amides is 1. The summed E-state index contributed by atoms with van der Waals surface area (Å²) < 4.78 is 5.49. The molecule has 0 saturated heterocycles. The van der Waals surface area contributed by atoms with Crippen LogP contribution in [0.4, 0.5) is 0 Å². The van der Waals surface area contributed by atoms with Crippen LogP contribution in [0.2, 0.25) is 0 Å². The summed E-state index contributed by atoms with van der Waals surface area (Å²) >= 11 is 0. The van der Waals surface area contributed by atoms with Gasteiger partial charge in [-0.05, 0) is 89.9 Å². The first-order chi connectivity index (χ1) is 39.0. The van der Waals surface area contributed by atoms with Crippen LogP contribution in [-0.4, -0.2) is 47.4 Å². The molecule has 2 atom stereocenters. The number of ether oxygens (including phenoxy) is 1. The van der Waals surface area contributed by atoms with E-state index in [-0.39, 0.29) is 18.5 Å². The first kappa shape index (κ1) is 76.8. The molecule has 0 aliphatic heterocycles. The Labute approximate surface area is 493 Å². The van der Waals surface area contributed by atoms with Crippen molar-refractivity contribution in [1.82, 2.24) is 5.32 Å². The highest BCUT2D eigenvalue weighted by Crippen LogP contribution is 2.18. The second-order valence-corrected chi connectivity index (χ2v) is 24.2. The Balaban J connectivity index is 3.36. The minimum absolute atomic E-state index is 0.00920. The number of esters is 1. The van der Waals surface area contributed by atoms with Gasteiger partial charge in [0, 0.05) is 12.8 Å². The Bertz CT molecular complexity index is 1320. The summed E-state index contributed by atoms with van der Waals surface area (Å²) in [6, 6.07) is -0.625. The largest absolute Gasteiger partial charge is 0.466 e. The van der Waals surface area contributed by atoms with E-state index in [2.05, 4.69) is 55.6 Å². The van der Waals surface area contributed by atoms with Crippen molar-refractivity contribution < 1.29 is 24.5 Å². The van der Waals surface area contributed by atoms with E-state index < -0.39 is 12.1 Å². The first-order valence-corrected chi connectivity index (χ1v) is 35.4. The summed E-state index contributed by atoms with van der Waals surface area (Å²) in [5.74, 6) is -0.0568. The molecule has 0 rings (SSSR count). The van der Waals surface area contributed by atoms with Gasteiger partial charge >= 0.3 is 5.97 Å². The van der Waals surface area contributed by atoms with Crippen LogP contribution in [0.5, 0.6) is 0 Å². The Morgan fingerprint density at radius 2 is 0.633 bits per heavy atom. The van der Waals surface area contributed by atoms with Crippen LogP contribution in [0.3, 0.4) is 0 Å². The minimum Gasteiger partial charge on any atom is -0.466 e. The Hall–Kier alpha value is -2.18. The second kappa shape index (κ2) is 68.3. The maximum Gasteiger partial charge on any atom is 0.305 e. The summed E-state index contributed by atoms with van der Waals surface area (Å²) in [6.07, 6.45) is 89.2. The Morgan fingerprint density at radius 1 is 0.354 bits per heavy atom. The fourth-order valence-corrected chi connectivity index (χ4v) is 10.9. The van der Waals surface area contributed by atoms with Gasteiger partial charge in [0.15, 0.2) is 0 Å². The SMILES string of the molecule is CCCCCCCCC/C=C\CCCCCCCC(=O)OCCCCCCCCCCCCC/C=C\C/C=C\CCCCCCCCCCCCCCCCCCCC(=O)NC(CO)C(O)/C=C/CCCCCCCCCCC. The van der Waals surface area contributed by atoms with Crippen molar-refractivity contribution >= 4 is 11.9 Å². The molecule has 3 N–H and O–H groups in total. The monoisotopic (exact) mass is 1110 g/mol. The third kappa shape index (κ3) is 64.8. The standard InChI is InChI=1S/C73H137NO5/c1-3-5-7-9-11-13-15-16-17-40-43-47-51-55-59-63-67-73(78)79-68-64-60-56-52-48-44-41-38-36-34-32-30-28-26-24-22-20-18-19-21-23-25-27-29-31-33-35-37-39-42-46-50-54-58-62-66-72(77)74-70(69-75)71(76)65-61-57-53-49-45-14-12-10-8-6-4-2/h17,20,22,26,28,40,61,65,70-71,75-76H,3-16,18-19,21,23-25,27,29-39,41-60,62-64,66-69H2,1-2H3,(H,74,77)/b22-20-,28-26-,40-17-,65-61+. The molecule has 1 amide bonds. The van der Waals surface area contributed by atoms with E-state index >= 15 is 0 Å². The number of hydrogen-bond acceptors (Lipinski definition) is 5. The van der Waals surface area contributed by atoms with Crippen LogP contribution in [0, 0.1) is 0 Å². The molecule has 6 heteroatoms.